The number of benzene rings is 1. The standard InChI is InChI=1S/C17H22N2O5/c20-17(18-6-12-1-2-15-16(5-12)24-11-23-15)19-7-14(8-19)22-10-13-3-4-21-9-13/h1-2,5,13-14H,3-4,6-11H2,(H,18,20). The Bertz CT molecular complexity index is 597. The number of fused-ring (bicyclic) bond motifs is 1. The van der Waals surface area contributed by atoms with Crippen molar-refractivity contribution < 1.29 is 23.7 Å². The van der Waals surface area contributed by atoms with E-state index in [1.807, 2.05) is 18.2 Å². The number of hydrogen-bond acceptors (Lipinski definition) is 5. The van der Waals surface area contributed by atoms with E-state index in [1.165, 1.54) is 0 Å². The molecule has 0 aliphatic carbocycles. The molecule has 3 heterocycles. The van der Waals surface area contributed by atoms with Gasteiger partial charge in [0.25, 0.3) is 0 Å². The number of carbonyl (C=O) groups excluding carboxylic acids is 1. The average Bonchev–Trinajstić information content (AvgIpc) is 3.22. The van der Waals surface area contributed by atoms with E-state index in [1.54, 1.807) is 4.90 Å². The number of rotatable bonds is 5. The third-order valence-corrected chi connectivity index (χ3v) is 4.61. The van der Waals surface area contributed by atoms with Crippen molar-refractivity contribution in [1.29, 1.82) is 0 Å². The molecule has 1 aromatic rings. The number of urea groups is 1. The Balaban J connectivity index is 1.16. The fraction of sp³-hybridized carbons (Fsp3) is 0.588. The molecule has 7 heteroatoms. The highest BCUT2D eigenvalue weighted by molar-refractivity contribution is 5.75. The van der Waals surface area contributed by atoms with E-state index in [9.17, 15) is 4.79 Å². The van der Waals surface area contributed by atoms with Crippen molar-refractivity contribution in [2.24, 2.45) is 5.92 Å². The van der Waals surface area contributed by atoms with Crippen LogP contribution >= 0.6 is 0 Å². The summed E-state index contributed by atoms with van der Waals surface area (Å²) in [4.78, 5) is 13.9. The summed E-state index contributed by atoms with van der Waals surface area (Å²) in [5, 5.41) is 2.92. The first kappa shape index (κ1) is 15.5. The number of likely N-dealkylation sites (tertiary alicyclic amines) is 1. The molecule has 130 valence electrons. The Morgan fingerprint density at radius 1 is 1.29 bits per heavy atom. The summed E-state index contributed by atoms with van der Waals surface area (Å²) in [7, 11) is 0. The molecule has 2 fully saturated rings. The zero-order valence-corrected chi connectivity index (χ0v) is 13.5. The van der Waals surface area contributed by atoms with Crippen LogP contribution in [0.4, 0.5) is 4.79 Å². The van der Waals surface area contributed by atoms with Gasteiger partial charge in [-0.15, -0.1) is 0 Å². The highest BCUT2D eigenvalue weighted by Gasteiger charge is 2.32. The number of ether oxygens (including phenoxy) is 4. The van der Waals surface area contributed by atoms with Crippen LogP contribution < -0.4 is 14.8 Å². The third-order valence-electron chi connectivity index (χ3n) is 4.61. The number of hydrogen-bond donors (Lipinski definition) is 1. The van der Waals surface area contributed by atoms with E-state index in [-0.39, 0.29) is 18.9 Å². The van der Waals surface area contributed by atoms with Gasteiger partial charge in [-0.25, -0.2) is 4.79 Å². The molecule has 1 unspecified atom stereocenters. The second-order valence-electron chi connectivity index (χ2n) is 6.44. The highest BCUT2D eigenvalue weighted by atomic mass is 16.7. The minimum absolute atomic E-state index is 0.0586. The van der Waals surface area contributed by atoms with Gasteiger partial charge in [-0.2, -0.15) is 0 Å². The Kier molecular flexibility index (Phi) is 4.44. The van der Waals surface area contributed by atoms with Crippen molar-refractivity contribution in [2.45, 2.75) is 19.1 Å². The summed E-state index contributed by atoms with van der Waals surface area (Å²) in [6.45, 7) is 4.40. The van der Waals surface area contributed by atoms with Crippen LogP contribution in [0, 0.1) is 5.92 Å². The van der Waals surface area contributed by atoms with Crippen LogP contribution in [0.15, 0.2) is 18.2 Å². The van der Waals surface area contributed by atoms with Crippen LogP contribution in [0.1, 0.15) is 12.0 Å². The Morgan fingerprint density at radius 3 is 3.00 bits per heavy atom. The smallest absolute Gasteiger partial charge is 0.317 e. The molecule has 1 atom stereocenters. The normalized spacial score (nSPS) is 22.5. The quantitative estimate of drug-likeness (QED) is 0.881. The molecular weight excluding hydrogens is 312 g/mol. The Morgan fingerprint density at radius 2 is 2.17 bits per heavy atom. The molecule has 0 bridgehead atoms. The molecule has 3 aliphatic heterocycles. The summed E-state index contributed by atoms with van der Waals surface area (Å²) in [6, 6.07) is 5.63. The van der Waals surface area contributed by atoms with Gasteiger partial charge in [0.2, 0.25) is 6.79 Å². The second-order valence-corrected chi connectivity index (χ2v) is 6.44. The first-order valence-corrected chi connectivity index (χ1v) is 8.38. The van der Waals surface area contributed by atoms with Gasteiger partial charge in [0.1, 0.15) is 0 Å². The van der Waals surface area contributed by atoms with E-state index in [0.29, 0.717) is 25.6 Å². The summed E-state index contributed by atoms with van der Waals surface area (Å²) < 4.78 is 21.8. The minimum atomic E-state index is -0.0586. The summed E-state index contributed by atoms with van der Waals surface area (Å²) in [5.74, 6) is 1.99. The van der Waals surface area contributed by atoms with Gasteiger partial charge < -0.3 is 29.2 Å². The minimum Gasteiger partial charge on any atom is -0.454 e. The van der Waals surface area contributed by atoms with Gasteiger partial charge in [0.05, 0.1) is 32.4 Å². The molecule has 0 aromatic heterocycles. The predicted octanol–water partition coefficient (Wildman–Crippen LogP) is 1.36. The van der Waals surface area contributed by atoms with Crippen LogP contribution in [0.2, 0.25) is 0 Å². The van der Waals surface area contributed by atoms with E-state index < -0.39 is 0 Å². The zero-order valence-electron chi connectivity index (χ0n) is 13.5. The molecular formula is C17H22N2O5. The highest BCUT2D eigenvalue weighted by Crippen LogP contribution is 2.32. The molecule has 3 aliphatic rings. The molecule has 4 rings (SSSR count). The first-order chi connectivity index (χ1) is 11.8. The molecule has 2 saturated heterocycles. The van der Waals surface area contributed by atoms with Gasteiger partial charge >= 0.3 is 6.03 Å². The lowest BCUT2D eigenvalue weighted by Gasteiger charge is -2.39. The number of carbonyl (C=O) groups is 1. The van der Waals surface area contributed by atoms with Gasteiger partial charge in [-0.3, -0.25) is 0 Å². The third kappa shape index (κ3) is 3.42. The van der Waals surface area contributed by atoms with Crippen LogP contribution in [0.25, 0.3) is 0 Å². The van der Waals surface area contributed by atoms with Crippen molar-refractivity contribution in [3.05, 3.63) is 23.8 Å². The van der Waals surface area contributed by atoms with Crippen LogP contribution in [0.3, 0.4) is 0 Å². The summed E-state index contributed by atoms with van der Waals surface area (Å²) in [6.07, 6.45) is 1.23. The zero-order chi connectivity index (χ0) is 16.4. The summed E-state index contributed by atoms with van der Waals surface area (Å²) in [5.41, 5.74) is 0.988. The van der Waals surface area contributed by atoms with Crippen molar-refractivity contribution in [2.75, 3.05) is 39.7 Å². The molecule has 2 amide bonds. The lowest BCUT2D eigenvalue weighted by Crippen LogP contribution is -2.57. The van der Waals surface area contributed by atoms with E-state index in [0.717, 1.165) is 43.3 Å². The molecule has 1 aromatic carbocycles. The lowest BCUT2D eigenvalue weighted by atomic mass is 10.1. The van der Waals surface area contributed by atoms with Gasteiger partial charge in [-0.1, -0.05) is 6.07 Å². The van der Waals surface area contributed by atoms with Crippen molar-refractivity contribution in [3.63, 3.8) is 0 Å². The molecule has 24 heavy (non-hydrogen) atoms. The number of amides is 2. The SMILES string of the molecule is O=C(NCc1ccc2c(c1)OCO2)N1CC(OCC2CCOC2)C1. The van der Waals surface area contributed by atoms with Gasteiger partial charge in [0.15, 0.2) is 11.5 Å². The molecule has 0 saturated carbocycles. The predicted molar refractivity (Wildman–Crippen MR) is 85.0 cm³/mol. The summed E-state index contributed by atoms with van der Waals surface area (Å²) >= 11 is 0. The molecule has 1 N–H and O–H groups in total. The van der Waals surface area contributed by atoms with E-state index in [2.05, 4.69) is 5.32 Å². The van der Waals surface area contributed by atoms with Crippen LogP contribution in [0.5, 0.6) is 11.5 Å². The Labute approximate surface area is 140 Å². The van der Waals surface area contributed by atoms with E-state index in [4.69, 9.17) is 18.9 Å². The molecule has 0 radical (unpaired) electrons. The second kappa shape index (κ2) is 6.86. The fourth-order valence-corrected chi connectivity index (χ4v) is 3.04. The van der Waals surface area contributed by atoms with E-state index >= 15 is 0 Å². The van der Waals surface area contributed by atoms with Gasteiger partial charge in [-0.05, 0) is 24.1 Å². The maximum absolute atomic E-state index is 12.1. The van der Waals surface area contributed by atoms with Crippen molar-refractivity contribution in [1.82, 2.24) is 10.2 Å². The average molecular weight is 334 g/mol. The van der Waals surface area contributed by atoms with Crippen LogP contribution in [-0.4, -0.2) is 56.7 Å². The van der Waals surface area contributed by atoms with Crippen molar-refractivity contribution >= 4 is 6.03 Å². The Hall–Kier alpha value is -1.99. The van der Waals surface area contributed by atoms with Crippen molar-refractivity contribution in [3.8, 4) is 11.5 Å². The maximum atomic E-state index is 12.1. The van der Waals surface area contributed by atoms with Crippen LogP contribution in [-0.2, 0) is 16.0 Å². The lowest BCUT2D eigenvalue weighted by molar-refractivity contribution is -0.0487. The number of nitrogens with zero attached hydrogens (tertiary/aromatic N) is 1. The maximum Gasteiger partial charge on any atom is 0.317 e. The fourth-order valence-electron chi connectivity index (χ4n) is 3.04. The molecule has 0 spiro atoms. The van der Waals surface area contributed by atoms with Gasteiger partial charge in [0, 0.05) is 19.1 Å². The topological polar surface area (TPSA) is 69.3 Å². The monoisotopic (exact) mass is 334 g/mol. The largest absolute Gasteiger partial charge is 0.454 e. The first-order valence-electron chi connectivity index (χ1n) is 8.38. The number of nitrogens with one attached hydrogen (secondary N) is 1. The molecule has 7 nitrogen and oxygen atoms in total.